The summed E-state index contributed by atoms with van der Waals surface area (Å²) in [6.45, 7) is 9.20. The number of aryl methyl sites for hydroxylation is 1. The zero-order chi connectivity index (χ0) is 15.0. The van der Waals surface area contributed by atoms with Crippen molar-refractivity contribution in [2.45, 2.75) is 40.2 Å². The van der Waals surface area contributed by atoms with E-state index in [0.717, 1.165) is 38.3 Å². The van der Waals surface area contributed by atoms with Gasteiger partial charge in [0.2, 0.25) is 0 Å². The molecule has 0 aromatic carbocycles. The molecule has 1 aromatic rings. The van der Waals surface area contributed by atoms with Crippen molar-refractivity contribution >= 4 is 21.6 Å². The molecule has 1 rings (SSSR count). The summed E-state index contributed by atoms with van der Waals surface area (Å²) in [5, 5.41) is 7.36. The summed E-state index contributed by atoms with van der Waals surface area (Å²) in [5.74, 6) is 0.562. The predicted molar refractivity (Wildman–Crippen MR) is 85.3 cm³/mol. The van der Waals surface area contributed by atoms with Crippen LogP contribution in [-0.4, -0.2) is 29.5 Å². The fraction of sp³-hybridized carbons (Fsp3) is 0.714. The zero-order valence-corrected chi connectivity index (χ0v) is 14.1. The van der Waals surface area contributed by atoms with Crippen LogP contribution in [0.5, 0.6) is 0 Å². The Labute approximate surface area is 128 Å². The summed E-state index contributed by atoms with van der Waals surface area (Å²) in [4.78, 5) is 12.0. The lowest BCUT2D eigenvalue weighted by Gasteiger charge is -2.10. The molecule has 0 aliphatic carbocycles. The van der Waals surface area contributed by atoms with Crippen LogP contribution >= 0.6 is 15.9 Å². The van der Waals surface area contributed by atoms with Crippen molar-refractivity contribution in [2.24, 2.45) is 5.92 Å². The summed E-state index contributed by atoms with van der Waals surface area (Å²) in [6.07, 6.45) is 3.48. The molecular formula is C14H24BrN3O2. The van der Waals surface area contributed by atoms with Crippen LogP contribution < -0.4 is 10.9 Å². The molecule has 0 aliphatic heterocycles. The van der Waals surface area contributed by atoms with Crippen molar-refractivity contribution in [3.63, 3.8) is 0 Å². The van der Waals surface area contributed by atoms with E-state index in [9.17, 15) is 4.79 Å². The Morgan fingerprint density at radius 2 is 2.25 bits per heavy atom. The second kappa shape index (κ2) is 9.13. The van der Waals surface area contributed by atoms with E-state index in [4.69, 9.17) is 4.74 Å². The van der Waals surface area contributed by atoms with Crippen LogP contribution in [0, 0.1) is 5.92 Å². The Kier molecular flexibility index (Phi) is 7.84. The molecule has 1 N–H and O–H groups in total. The molecule has 0 amide bonds. The van der Waals surface area contributed by atoms with Crippen molar-refractivity contribution in [1.82, 2.24) is 9.78 Å². The molecule has 20 heavy (non-hydrogen) atoms. The van der Waals surface area contributed by atoms with E-state index in [-0.39, 0.29) is 5.56 Å². The Morgan fingerprint density at radius 1 is 1.50 bits per heavy atom. The van der Waals surface area contributed by atoms with E-state index < -0.39 is 0 Å². The van der Waals surface area contributed by atoms with Gasteiger partial charge in [0.15, 0.2) is 0 Å². The molecule has 0 saturated heterocycles. The van der Waals surface area contributed by atoms with Gasteiger partial charge in [0.05, 0.1) is 11.9 Å². The number of nitrogens with one attached hydrogen (secondary N) is 1. The first-order valence-corrected chi connectivity index (χ1v) is 7.92. The number of nitrogens with zero attached hydrogens (tertiary/aromatic N) is 2. The third-order valence-corrected chi connectivity index (χ3v) is 3.42. The van der Waals surface area contributed by atoms with Crippen LogP contribution in [-0.2, 0) is 11.3 Å². The topological polar surface area (TPSA) is 56.1 Å². The van der Waals surface area contributed by atoms with Gasteiger partial charge < -0.3 is 10.1 Å². The lowest BCUT2D eigenvalue weighted by atomic mass is 10.2. The van der Waals surface area contributed by atoms with Crippen LogP contribution in [0.2, 0.25) is 0 Å². The van der Waals surface area contributed by atoms with Gasteiger partial charge >= 0.3 is 0 Å². The van der Waals surface area contributed by atoms with Crippen molar-refractivity contribution in [3.05, 3.63) is 21.0 Å². The number of rotatable bonds is 9. The Balaban J connectivity index is 2.41. The summed E-state index contributed by atoms with van der Waals surface area (Å²) >= 11 is 3.34. The Hall–Kier alpha value is -0.880. The maximum atomic E-state index is 12.0. The SMILES string of the molecule is CCCn1ncc(NCCCOCC(C)C)c(Br)c1=O. The average Bonchev–Trinajstić information content (AvgIpc) is 2.41. The molecule has 0 spiro atoms. The highest BCUT2D eigenvalue weighted by atomic mass is 79.9. The van der Waals surface area contributed by atoms with Crippen LogP contribution in [0.15, 0.2) is 15.5 Å². The van der Waals surface area contributed by atoms with Gasteiger partial charge in [-0.3, -0.25) is 4.79 Å². The maximum absolute atomic E-state index is 12.0. The molecule has 0 aliphatic rings. The van der Waals surface area contributed by atoms with Gasteiger partial charge in [-0.25, -0.2) is 4.68 Å². The molecule has 1 heterocycles. The lowest BCUT2D eigenvalue weighted by Crippen LogP contribution is -2.24. The molecule has 0 bridgehead atoms. The van der Waals surface area contributed by atoms with Gasteiger partial charge in [-0.15, -0.1) is 0 Å². The quantitative estimate of drug-likeness (QED) is 0.699. The third kappa shape index (κ3) is 5.63. The molecule has 0 saturated carbocycles. The molecule has 0 atom stereocenters. The van der Waals surface area contributed by atoms with Gasteiger partial charge in [0.1, 0.15) is 4.47 Å². The van der Waals surface area contributed by atoms with E-state index in [2.05, 4.69) is 40.2 Å². The minimum Gasteiger partial charge on any atom is -0.383 e. The summed E-state index contributed by atoms with van der Waals surface area (Å²) in [7, 11) is 0. The number of anilines is 1. The van der Waals surface area contributed by atoms with Crippen LogP contribution in [0.4, 0.5) is 5.69 Å². The zero-order valence-electron chi connectivity index (χ0n) is 12.5. The molecule has 5 nitrogen and oxygen atoms in total. The van der Waals surface area contributed by atoms with Gasteiger partial charge in [-0.05, 0) is 34.7 Å². The van der Waals surface area contributed by atoms with Crippen LogP contribution in [0.25, 0.3) is 0 Å². The van der Waals surface area contributed by atoms with Gasteiger partial charge in [-0.1, -0.05) is 20.8 Å². The molecule has 0 fully saturated rings. The minimum absolute atomic E-state index is 0.0899. The Morgan fingerprint density at radius 3 is 2.90 bits per heavy atom. The molecule has 114 valence electrons. The number of halogens is 1. The maximum Gasteiger partial charge on any atom is 0.283 e. The number of ether oxygens (including phenoxy) is 1. The summed E-state index contributed by atoms with van der Waals surface area (Å²) in [5.41, 5.74) is 0.652. The van der Waals surface area contributed by atoms with Crippen molar-refractivity contribution < 1.29 is 4.74 Å². The second-order valence-electron chi connectivity index (χ2n) is 5.15. The fourth-order valence-corrected chi connectivity index (χ4v) is 2.12. The summed E-state index contributed by atoms with van der Waals surface area (Å²) < 4.78 is 7.52. The summed E-state index contributed by atoms with van der Waals surface area (Å²) in [6, 6.07) is 0. The first-order chi connectivity index (χ1) is 9.56. The van der Waals surface area contributed by atoms with E-state index >= 15 is 0 Å². The second-order valence-corrected chi connectivity index (χ2v) is 5.94. The number of hydrogen-bond donors (Lipinski definition) is 1. The van der Waals surface area contributed by atoms with Crippen molar-refractivity contribution in [2.75, 3.05) is 25.1 Å². The number of hydrogen-bond acceptors (Lipinski definition) is 4. The van der Waals surface area contributed by atoms with Crippen LogP contribution in [0.3, 0.4) is 0 Å². The molecule has 0 radical (unpaired) electrons. The first-order valence-electron chi connectivity index (χ1n) is 7.13. The fourth-order valence-electron chi connectivity index (χ4n) is 1.68. The normalized spacial score (nSPS) is 11.1. The van der Waals surface area contributed by atoms with Crippen molar-refractivity contribution in [3.8, 4) is 0 Å². The lowest BCUT2D eigenvalue weighted by molar-refractivity contribution is 0.110. The van der Waals surface area contributed by atoms with E-state index in [1.165, 1.54) is 4.68 Å². The molecular weight excluding hydrogens is 322 g/mol. The smallest absolute Gasteiger partial charge is 0.283 e. The highest BCUT2D eigenvalue weighted by Gasteiger charge is 2.07. The molecule has 0 unspecified atom stereocenters. The van der Waals surface area contributed by atoms with Gasteiger partial charge in [0.25, 0.3) is 5.56 Å². The highest BCUT2D eigenvalue weighted by Crippen LogP contribution is 2.15. The van der Waals surface area contributed by atoms with E-state index in [0.29, 0.717) is 16.9 Å². The van der Waals surface area contributed by atoms with E-state index in [1.807, 2.05) is 6.92 Å². The predicted octanol–water partition coefficient (Wildman–Crippen LogP) is 2.89. The first kappa shape index (κ1) is 17.2. The van der Waals surface area contributed by atoms with Gasteiger partial charge in [-0.2, -0.15) is 5.10 Å². The third-order valence-electron chi connectivity index (χ3n) is 2.65. The van der Waals surface area contributed by atoms with Crippen LogP contribution in [0.1, 0.15) is 33.6 Å². The highest BCUT2D eigenvalue weighted by molar-refractivity contribution is 9.10. The Bertz CT molecular complexity index is 460. The van der Waals surface area contributed by atoms with Crippen molar-refractivity contribution in [1.29, 1.82) is 0 Å². The van der Waals surface area contributed by atoms with Gasteiger partial charge in [0, 0.05) is 26.3 Å². The minimum atomic E-state index is -0.0899. The molecule has 6 heteroatoms. The molecule has 1 aromatic heterocycles. The van der Waals surface area contributed by atoms with E-state index in [1.54, 1.807) is 6.20 Å². The standard InChI is InChI=1S/C14H24BrN3O2/c1-4-7-18-14(19)13(15)12(9-17-18)16-6-5-8-20-10-11(2)3/h9,11,16H,4-8,10H2,1-3H3. The monoisotopic (exact) mass is 345 g/mol. The largest absolute Gasteiger partial charge is 0.383 e. The number of aromatic nitrogens is 2. The average molecular weight is 346 g/mol.